The predicted octanol–water partition coefficient (Wildman–Crippen LogP) is 5.16. The number of aromatic amines is 1. The van der Waals surface area contributed by atoms with E-state index in [1.165, 1.54) is 5.56 Å². The second-order valence-electron chi connectivity index (χ2n) is 4.83. The van der Waals surface area contributed by atoms with Gasteiger partial charge in [0.15, 0.2) is 5.82 Å². The first-order chi connectivity index (χ1) is 10.1. The molecule has 1 aromatic heterocycles. The first-order valence-electron chi connectivity index (χ1n) is 6.42. The van der Waals surface area contributed by atoms with Crippen LogP contribution in [0.15, 0.2) is 51.4 Å². The Bertz CT molecular complexity index is 809. The fourth-order valence-electron chi connectivity index (χ4n) is 2.25. The highest BCUT2D eigenvalue weighted by Crippen LogP contribution is 2.36. The van der Waals surface area contributed by atoms with E-state index in [-0.39, 0.29) is 0 Å². The van der Waals surface area contributed by atoms with Crippen LogP contribution in [0.1, 0.15) is 5.56 Å². The second kappa shape index (κ2) is 5.66. The molecule has 0 fully saturated rings. The first kappa shape index (κ1) is 14.4. The Morgan fingerprint density at radius 3 is 2.57 bits per heavy atom. The summed E-state index contributed by atoms with van der Waals surface area (Å²) in [6.07, 6.45) is 0. The number of nitrogen functional groups attached to an aromatic ring is 1. The van der Waals surface area contributed by atoms with Crippen molar-refractivity contribution >= 4 is 37.7 Å². The minimum absolute atomic E-state index is 0.500. The third-order valence-electron chi connectivity index (χ3n) is 3.37. The quantitative estimate of drug-likeness (QED) is 0.617. The van der Waals surface area contributed by atoms with Crippen molar-refractivity contribution < 1.29 is 0 Å². The normalized spacial score (nSPS) is 10.8. The Morgan fingerprint density at radius 1 is 1.05 bits per heavy atom. The lowest BCUT2D eigenvalue weighted by molar-refractivity contribution is 1.10. The second-order valence-corrected chi connectivity index (χ2v) is 6.60. The lowest BCUT2D eigenvalue weighted by Crippen LogP contribution is -1.89. The van der Waals surface area contributed by atoms with Crippen LogP contribution in [0.5, 0.6) is 0 Å². The molecule has 0 bridgehead atoms. The van der Waals surface area contributed by atoms with Crippen molar-refractivity contribution in [2.24, 2.45) is 0 Å². The number of rotatable bonds is 2. The number of halogens is 2. The topological polar surface area (TPSA) is 54.7 Å². The summed E-state index contributed by atoms with van der Waals surface area (Å²) in [4.78, 5) is 0. The maximum atomic E-state index is 6.06. The van der Waals surface area contributed by atoms with E-state index in [4.69, 9.17) is 5.73 Å². The maximum absolute atomic E-state index is 6.06. The highest BCUT2D eigenvalue weighted by atomic mass is 79.9. The van der Waals surface area contributed by atoms with Crippen LogP contribution >= 0.6 is 31.9 Å². The lowest BCUT2D eigenvalue weighted by atomic mass is 10.0. The van der Waals surface area contributed by atoms with Gasteiger partial charge < -0.3 is 5.73 Å². The molecule has 3 aromatic rings. The molecule has 3 rings (SSSR count). The highest BCUT2D eigenvalue weighted by molar-refractivity contribution is 9.10. The van der Waals surface area contributed by atoms with Gasteiger partial charge in [-0.2, -0.15) is 5.10 Å². The molecule has 21 heavy (non-hydrogen) atoms. The van der Waals surface area contributed by atoms with Gasteiger partial charge in [-0.1, -0.05) is 56.1 Å². The van der Waals surface area contributed by atoms with Gasteiger partial charge in [0.25, 0.3) is 0 Å². The smallest absolute Gasteiger partial charge is 0.153 e. The van der Waals surface area contributed by atoms with Gasteiger partial charge >= 0.3 is 0 Å². The zero-order chi connectivity index (χ0) is 15.0. The summed E-state index contributed by atoms with van der Waals surface area (Å²) in [6.45, 7) is 2.06. The van der Waals surface area contributed by atoms with Gasteiger partial charge in [0.05, 0.1) is 11.3 Å². The Balaban J connectivity index is 2.19. The summed E-state index contributed by atoms with van der Waals surface area (Å²) in [5.41, 5.74) is 11.2. The number of aryl methyl sites for hydroxylation is 1. The van der Waals surface area contributed by atoms with Crippen LogP contribution < -0.4 is 5.73 Å². The van der Waals surface area contributed by atoms with Gasteiger partial charge in [-0.3, -0.25) is 5.10 Å². The molecule has 0 spiro atoms. The van der Waals surface area contributed by atoms with E-state index in [2.05, 4.69) is 67.2 Å². The molecule has 1 heterocycles. The molecule has 3 N–H and O–H groups in total. The molecule has 2 aromatic carbocycles. The minimum Gasteiger partial charge on any atom is -0.382 e. The number of H-pyrrole nitrogens is 1. The zero-order valence-corrected chi connectivity index (χ0v) is 14.5. The van der Waals surface area contributed by atoms with Gasteiger partial charge in [0.1, 0.15) is 0 Å². The number of nitrogens with one attached hydrogen (secondary N) is 1. The number of hydrogen-bond donors (Lipinski definition) is 2. The molecule has 0 amide bonds. The van der Waals surface area contributed by atoms with Crippen LogP contribution in [0, 0.1) is 6.92 Å². The number of aromatic nitrogens is 2. The molecule has 0 atom stereocenters. The first-order valence-corrected chi connectivity index (χ1v) is 8.01. The van der Waals surface area contributed by atoms with E-state index in [1.807, 2.05) is 24.3 Å². The van der Waals surface area contributed by atoms with Crippen molar-refractivity contribution in [3.05, 3.63) is 57.0 Å². The number of anilines is 1. The van der Waals surface area contributed by atoms with Gasteiger partial charge in [0.2, 0.25) is 0 Å². The molecule has 0 aliphatic carbocycles. The van der Waals surface area contributed by atoms with Crippen molar-refractivity contribution in [2.45, 2.75) is 6.92 Å². The molecule has 0 saturated carbocycles. The van der Waals surface area contributed by atoms with E-state index < -0.39 is 0 Å². The SMILES string of the molecule is Cc1ccc(-c2[nH]nc(N)c2-c2cccc(Br)c2)cc1Br. The van der Waals surface area contributed by atoms with Gasteiger partial charge in [-0.05, 0) is 36.2 Å². The maximum Gasteiger partial charge on any atom is 0.153 e. The fraction of sp³-hybridized carbons (Fsp3) is 0.0625. The monoisotopic (exact) mass is 405 g/mol. The summed E-state index contributed by atoms with van der Waals surface area (Å²) in [5.74, 6) is 0.500. The van der Waals surface area contributed by atoms with E-state index >= 15 is 0 Å². The fourth-order valence-corrected chi connectivity index (χ4v) is 3.03. The third kappa shape index (κ3) is 2.76. The van der Waals surface area contributed by atoms with Crippen molar-refractivity contribution in [1.29, 1.82) is 0 Å². The van der Waals surface area contributed by atoms with E-state index in [0.29, 0.717) is 5.82 Å². The Labute approximate surface area is 139 Å². The molecule has 0 unspecified atom stereocenters. The summed E-state index contributed by atoms with van der Waals surface area (Å²) in [6, 6.07) is 14.2. The predicted molar refractivity (Wildman–Crippen MR) is 94.0 cm³/mol. The summed E-state index contributed by atoms with van der Waals surface area (Å²) in [5, 5.41) is 7.22. The van der Waals surface area contributed by atoms with Crippen molar-refractivity contribution in [3.8, 4) is 22.4 Å². The summed E-state index contributed by atoms with van der Waals surface area (Å²) < 4.78 is 2.07. The molecule has 5 heteroatoms. The third-order valence-corrected chi connectivity index (χ3v) is 4.72. The van der Waals surface area contributed by atoms with Crippen molar-refractivity contribution in [1.82, 2.24) is 10.2 Å². The zero-order valence-electron chi connectivity index (χ0n) is 11.3. The number of benzene rings is 2. The van der Waals surface area contributed by atoms with Crippen LogP contribution in [0.2, 0.25) is 0 Å². The number of hydrogen-bond acceptors (Lipinski definition) is 2. The largest absolute Gasteiger partial charge is 0.382 e. The van der Waals surface area contributed by atoms with Crippen LogP contribution in [0.4, 0.5) is 5.82 Å². The van der Waals surface area contributed by atoms with E-state index in [0.717, 1.165) is 31.3 Å². The highest BCUT2D eigenvalue weighted by Gasteiger charge is 2.15. The molecule has 3 nitrogen and oxygen atoms in total. The van der Waals surface area contributed by atoms with E-state index in [9.17, 15) is 0 Å². The molecular formula is C16H13Br2N3. The molecule has 0 aliphatic heterocycles. The average Bonchev–Trinajstić information content (AvgIpc) is 2.84. The summed E-state index contributed by atoms with van der Waals surface area (Å²) >= 11 is 7.06. The molecular weight excluding hydrogens is 394 g/mol. The van der Waals surface area contributed by atoms with E-state index in [1.54, 1.807) is 0 Å². The lowest BCUT2D eigenvalue weighted by Gasteiger charge is -2.07. The Morgan fingerprint density at radius 2 is 1.86 bits per heavy atom. The molecule has 106 valence electrons. The van der Waals surface area contributed by atoms with Crippen LogP contribution in [-0.4, -0.2) is 10.2 Å². The van der Waals surface area contributed by atoms with Gasteiger partial charge in [0, 0.05) is 14.5 Å². The minimum atomic E-state index is 0.500. The van der Waals surface area contributed by atoms with Crippen LogP contribution in [-0.2, 0) is 0 Å². The Hall–Kier alpha value is -1.59. The number of nitrogens with two attached hydrogens (primary N) is 1. The van der Waals surface area contributed by atoms with Gasteiger partial charge in [-0.15, -0.1) is 0 Å². The van der Waals surface area contributed by atoms with Gasteiger partial charge in [-0.25, -0.2) is 0 Å². The summed E-state index contributed by atoms with van der Waals surface area (Å²) in [7, 11) is 0. The number of nitrogens with zero attached hydrogens (tertiary/aromatic N) is 1. The molecule has 0 saturated heterocycles. The van der Waals surface area contributed by atoms with Crippen LogP contribution in [0.25, 0.3) is 22.4 Å². The molecule has 0 radical (unpaired) electrons. The molecule has 0 aliphatic rings. The Kier molecular flexibility index (Phi) is 3.87. The average molecular weight is 407 g/mol. The van der Waals surface area contributed by atoms with Crippen LogP contribution in [0.3, 0.4) is 0 Å². The standard InChI is InChI=1S/C16H13Br2N3/c1-9-5-6-11(8-13(9)18)15-14(16(19)21-20-15)10-3-2-4-12(17)7-10/h2-8H,1H3,(H3,19,20,21). The van der Waals surface area contributed by atoms with Crippen molar-refractivity contribution in [3.63, 3.8) is 0 Å². The van der Waals surface area contributed by atoms with Crippen molar-refractivity contribution in [2.75, 3.05) is 5.73 Å².